The van der Waals surface area contributed by atoms with E-state index in [0.29, 0.717) is 21.8 Å². The first-order valence-corrected chi connectivity index (χ1v) is 11.5. The van der Waals surface area contributed by atoms with Gasteiger partial charge in [0.15, 0.2) is 0 Å². The fourth-order valence-corrected chi connectivity index (χ4v) is 3.81. The molecule has 4 rings (SSSR count). The smallest absolute Gasteiger partial charge is 0.267 e. The minimum atomic E-state index is -0.861. The van der Waals surface area contributed by atoms with Gasteiger partial charge in [0.2, 0.25) is 5.91 Å². The van der Waals surface area contributed by atoms with Crippen LogP contribution in [0, 0.1) is 0 Å². The van der Waals surface area contributed by atoms with Gasteiger partial charge in [0.25, 0.3) is 11.8 Å². The number of para-hydroxylation sites is 1. The molecule has 0 radical (unpaired) electrons. The van der Waals surface area contributed by atoms with Gasteiger partial charge in [-0.25, -0.2) is 5.48 Å². The van der Waals surface area contributed by atoms with Crippen molar-refractivity contribution in [1.29, 1.82) is 0 Å². The Bertz CT molecular complexity index is 1410. The lowest BCUT2D eigenvalue weighted by Crippen LogP contribution is -2.45. The van der Waals surface area contributed by atoms with Crippen molar-refractivity contribution >= 4 is 52.0 Å². The number of benzene rings is 3. The van der Waals surface area contributed by atoms with Gasteiger partial charge in [-0.2, -0.15) is 0 Å². The molecule has 0 saturated carbocycles. The molecule has 3 aromatic carbocycles. The summed E-state index contributed by atoms with van der Waals surface area (Å²) in [5.74, 6) is -1.45. The summed E-state index contributed by atoms with van der Waals surface area (Å²) in [7, 11) is 0. The molecule has 1 aromatic heterocycles. The Labute approximate surface area is 211 Å². The number of nitrogens with one attached hydrogen (secondary N) is 4. The Morgan fingerprint density at radius 3 is 2.42 bits per heavy atom. The van der Waals surface area contributed by atoms with Crippen molar-refractivity contribution in [2.45, 2.75) is 12.5 Å². The van der Waals surface area contributed by atoms with Gasteiger partial charge >= 0.3 is 0 Å². The zero-order valence-corrected chi connectivity index (χ0v) is 19.8. The number of anilines is 1. The average molecular weight is 503 g/mol. The summed E-state index contributed by atoms with van der Waals surface area (Å²) in [6, 6.07) is 20.1. The molecule has 4 aromatic rings. The van der Waals surface area contributed by atoms with E-state index in [2.05, 4.69) is 15.6 Å². The van der Waals surface area contributed by atoms with Crippen molar-refractivity contribution < 1.29 is 19.6 Å². The highest BCUT2D eigenvalue weighted by molar-refractivity contribution is 6.30. The Morgan fingerprint density at radius 2 is 1.69 bits per heavy atom. The van der Waals surface area contributed by atoms with Crippen LogP contribution in [0.4, 0.5) is 5.69 Å². The number of carbonyl (C=O) groups excluding carboxylic acids is 3. The molecule has 0 bridgehead atoms. The maximum Gasteiger partial charge on any atom is 0.267 e. The predicted molar refractivity (Wildman–Crippen MR) is 139 cm³/mol. The van der Waals surface area contributed by atoms with Gasteiger partial charge in [0, 0.05) is 45.9 Å². The fraction of sp³-hybridized carbons (Fsp3) is 0.0741. The standard InChI is InChI=1S/C27H23ClN4O4/c28-20-10-12-21(13-11-20)30-27(35)24(15-19-16-29-23-4-2-1-3-22(19)23)31-26(34)18-8-5-17(6-9-18)7-14-25(33)32-36/h1-14,16,24,29,36H,15H2,(H,30,35)(H,31,34)(H,32,33)/b14-7+. The van der Waals surface area contributed by atoms with E-state index in [0.717, 1.165) is 22.5 Å². The number of hydroxylamine groups is 1. The molecule has 9 heteroatoms. The van der Waals surface area contributed by atoms with Crippen molar-refractivity contribution in [1.82, 2.24) is 15.8 Å². The molecule has 0 aliphatic heterocycles. The number of aromatic nitrogens is 1. The summed E-state index contributed by atoms with van der Waals surface area (Å²) in [6.07, 6.45) is 4.76. The third-order valence-electron chi connectivity index (χ3n) is 5.54. The average Bonchev–Trinajstić information content (AvgIpc) is 3.31. The molecule has 182 valence electrons. The number of rotatable bonds is 8. The number of hydrogen-bond acceptors (Lipinski definition) is 4. The van der Waals surface area contributed by atoms with Gasteiger partial charge in [-0.05, 0) is 59.7 Å². The summed E-state index contributed by atoms with van der Waals surface area (Å²) in [4.78, 5) is 40.6. The summed E-state index contributed by atoms with van der Waals surface area (Å²) in [5, 5.41) is 15.8. The normalized spacial score (nSPS) is 11.8. The zero-order chi connectivity index (χ0) is 25.5. The van der Waals surface area contributed by atoms with Gasteiger partial charge in [0.05, 0.1) is 0 Å². The first-order valence-electron chi connectivity index (χ1n) is 11.1. The van der Waals surface area contributed by atoms with Gasteiger partial charge in [0.1, 0.15) is 6.04 Å². The molecular weight excluding hydrogens is 480 g/mol. The highest BCUT2D eigenvalue weighted by Gasteiger charge is 2.23. The Hall–Kier alpha value is -4.40. The third-order valence-corrected chi connectivity index (χ3v) is 5.79. The molecule has 3 amide bonds. The lowest BCUT2D eigenvalue weighted by Gasteiger charge is -2.19. The van der Waals surface area contributed by atoms with Crippen LogP contribution < -0.4 is 16.1 Å². The van der Waals surface area contributed by atoms with Crippen LogP contribution in [0.25, 0.3) is 17.0 Å². The van der Waals surface area contributed by atoms with Crippen molar-refractivity contribution in [3.8, 4) is 0 Å². The SMILES string of the molecule is O=C(/C=C/c1ccc(C(=O)NC(Cc2c[nH]c3ccccc23)C(=O)Nc2ccc(Cl)cc2)cc1)NO. The summed E-state index contributed by atoms with van der Waals surface area (Å²) >= 11 is 5.94. The maximum absolute atomic E-state index is 13.2. The number of carbonyl (C=O) groups is 3. The van der Waals surface area contributed by atoms with Crippen LogP contribution in [-0.4, -0.2) is 34.0 Å². The Morgan fingerprint density at radius 1 is 0.972 bits per heavy atom. The molecule has 1 heterocycles. The van der Waals surface area contributed by atoms with E-state index in [1.54, 1.807) is 48.5 Å². The van der Waals surface area contributed by atoms with Crippen LogP contribution in [0.2, 0.25) is 5.02 Å². The molecule has 1 atom stereocenters. The minimum Gasteiger partial charge on any atom is -0.361 e. The van der Waals surface area contributed by atoms with E-state index in [-0.39, 0.29) is 12.3 Å². The highest BCUT2D eigenvalue weighted by Crippen LogP contribution is 2.20. The Kier molecular flexibility index (Phi) is 7.79. The number of fused-ring (bicyclic) bond motifs is 1. The molecule has 5 N–H and O–H groups in total. The van der Waals surface area contributed by atoms with Gasteiger partial charge in [-0.15, -0.1) is 0 Å². The van der Waals surface area contributed by atoms with E-state index in [9.17, 15) is 14.4 Å². The molecule has 0 saturated heterocycles. The summed E-state index contributed by atoms with van der Waals surface area (Å²) in [6.45, 7) is 0. The van der Waals surface area contributed by atoms with Gasteiger partial charge in [-0.1, -0.05) is 41.9 Å². The maximum atomic E-state index is 13.2. The molecule has 0 fully saturated rings. The van der Waals surface area contributed by atoms with Gasteiger partial charge in [-0.3, -0.25) is 19.6 Å². The van der Waals surface area contributed by atoms with Crippen molar-refractivity contribution in [2.75, 3.05) is 5.32 Å². The first-order chi connectivity index (χ1) is 17.4. The van der Waals surface area contributed by atoms with E-state index in [1.807, 2.05) is 30.5 Å². The van der Waals surface area contributed by atoms with Crippen molar-refractivity contribution in [2.24, 2.45) is 0 Å². The fourth-order valence-electron chi connectivity index (χ4n) is 3.69. The quantitative estimate of drug-likeness (QED) is 0.140. The third kappa shape index (κ3) is 6.18. The molecular formula is C27H23ClN4O4. The van der Waals surface area contributed by atoms with Gasteiger partial charge < -0.3 is 15.6 Å². The molecule has 1 unspecified atom stereocenters. The van der Waals surface area contributed by atoms with Crippen molar-refractivity contribution in [3.63, 3.8) is 0 Å². The molecule has 8 nitrogen and oxygen atoms in total. The Balaban J connectivity index is 1.54. The van der Waals surface area contributed by atoms with Crippen LogP contribution in [0.5, 0.6) is 0 Å². The van der Waals surface area contributed by atoms with Crippen LogP contribution in [-0.2, 0) is 16.0 Å². The minimum absolute atomic E-state index is 0.270. The van der Waals surface area contributed by atoms with Crippen molar-refractivity contribution in [3.05, 3.63) is 107 Å². The lowest BCUT2D eigenvalue weighted by atomic mass is 10.0. The topological polar surface area (TPSA) is 123 Å². The summed E-state index contributed by atoms with van der Waals surface area (Å²) in [5.41, 5.74) is 4.91. The number of halogens is 1. The van der Waals surface area contributed by atoms with Crippen LogP contribution in [0.3, 0.4) is 0 Å². The van der Waals surface area contributed by atoms with Crippen LogP contribution >= 0.6 is 11.6 Å². The number of hydrogen-bond donors (Lipinski definition) is 5. The van der Waals surface area contributed by atoms with E-state index in [4.69, 9.17) is 16.8 Å². The largest absolute Gasteiger partial charge is 0.361 e. The molecule has 36 heavy (non-hydrogen) atoms. The van der Waals surface area contributed by atoms with E-state index in [1.165, 1.54) is 11.6 Å². The first kappa shape index (κ1) is 24.7. The molecule has 0 aliphatic rings. The summed E-state index contributed by atoms with van der Waals surface area (Å²) < 4.78 is 0. The zero-order valence-electron chi connectivity index (χ0n) is 19.0. The predicted octanol–water partition coefficient (Wildman–Crippen LogP) is 4.32. The van der Waals surface area contributed by atoms with E-state index >= 15 is 0 Å². The highest BCUT2D eigenvalue weighted by atomic mass is 35.5. The second kappa shape index (κ2) is 11.4. The van der Waals surface area contributed by atoms with Crippen LogP contribution in [0.15, 0.2) is 85.1 Å². The lowest BCUT2D eigenvalue weighted by molar-refractivity contribution is -0.124. The second-order valence-electron chi connectivity index (χ2n) is 8.02. The molecule has 0 aliphatic carbocycles. The van der Waals surface area contributed by atoms with E-state index < -0.39 is 17.9 Å². The second-order valence-corrected chi connectivity index (χ2v) is 8.45. The van der Waals surface area contributed by atoms with Crippen LogP contribution in [0.1, 0.15) is 21.5 Å². The number of aromatic amines is 1. The molecule has 0 spiro atoms. The monoisotopic (exact) mass is 502 g/mol. The number of H-pyrrole nitrogens is 1. The number of amides is 3.